The number of rotatable bonds is 3. The lowest BCUT2D eigenvalue weighted by Gasteiger charge is -2.07. The Morgan fingerprint density at radius 3 is 2.92 bits per heavy atom. The summed E-state index contributed by atoms with van der Waals surface area (Å²) in [6.07, 6.45) is 0. The highest BCUT2D eigenvalue weighted by Crippen LogP contribution is 2.28. The van der Waals surface area contributed by atoms with Crippen LogP contribution in [0.1, 0.15) is 5.56 Å². The summed E-state index contributed by atoms with van der Waals surface area (Å²) in [5.41, 5.74) is 0.492. The van der Waals surface area contributed by atoms with Gasteiger partial charge in [0.2, 0.25) is 0 Å². The van der Waals surface area contributed by atoms with Gasteiger partial charge in [-0.05, 0) is 28.1 Å². The predicted molar refractivity (Wildman–Crippen MR) is 51.4 cm³/mol. The molecule has 0 bridgehead atoms. The van der Waals surface area contributed by atoms with Crippen molar-refractivity contribution in [1.29, 1.82) is 5.26 Å². The van der Waals surface area contributed by atoms with Gasteiger partial charge in [0, 0.05) is 7.11 Å². The van der Waals surface area contributed by atoms with Gasteiger partial charge in [-0.3, -0.25) is 0 Å². The van der Waals surface area contributed by atoms with Crippen LogP contribution in [-0.2, 0) is 4.74 Å². The Labute approximate surface area is 85.0 Å². The Morgan fingerprint density at radius 2 is 2.31 bits per heavy atom. The first-order chi connectivity index (χ1) is 6.29. The number of nitrogens with zero attached hydrogens (tertiary/aromatic N) is 1. The molecule has 0 N–H and O–H groups in total. The van der Waals surface area contributed by atoms with Crippen molar-refractivity contribution in [2.45, 2.75) is 0 Å². The van der Waals surface area contributed by atoms with Crippen LogP contribution in [0.15, 0.2) is 22.7 Å². The van der Waals surface area contributed by atoms with E-state index in [9.17, 15) is 0 Å². The number of benzene rings is 1. The third kappa shape index (κ3) is 2.44. The molecule has 0 fully saturated rings. The summed E-state index contributed by atoms with van der Waals surface area (Å²) in [6.45, 7) is 0.136. The van der Waals surface area contributed by atoms with Crippen LogP contribution in [0.5, 0.6) is 5.75 Å². The molecule has 0 heterocycles. The summed E-state index contributed by atoms with van der Waals surface area (Å²) >= 11 is 3.29. The summed E-state index contributed by atoms with van der Waals surface area (Å²) < 4.78 is 10.7. The molecule has 0 saturated heterocycles. The lowest BCUT2D eigenvalue weighted by atomic mass is 10.2. The highest BCUT2D eigenvalue weighted by molar-refractivity contribution is 9.10. The molecule has 1 rings (SSSR count). The predicted octanol–water partition coefficient (Wildman–Crippen LogP) is 2.30. The first-order valence-electron chi connectivity index (χ1n) is 3.60. The van der Waals surface area contributed by atoms with Crippen LogP contribution in [0.2, 0.25) is 0 Å². The number of hydrogen-bond donors (Lipinski definition) is 0. The SMILES string of the molecule is COCOc1c(Br)cccc1C#N. The van der Waals surface area contributed by atoms with Crippen LogP contribution in [0.4, 0.5) is 0 Å². The van der Waals surface area contributed by atoms with Gasteiger partial charge >= 0.3 is 0 Å². The van der Waals surface area contributed by atoms with Gasteiger partial charge in [0.1, 0.15) is 6.07 Å². The normalized spacial score (nSPS) is 9.31. The van der Waals surface area contributed by atoms with E-state index in [0.717, 1.165) is 4.47 Å². The van der Waals surface area contributed by atoms with Gasteiger partial charge in [0.15, 0.2) is 12.5 Å². The molecule has 0 radical (unpaired) electrons. The zero-order valence-electron chi connectivity index (χ0n) is 7.08. The minimum atomic E-state index is 0.136. The molecule has 1 aromatic carbocycles. The lowest BCUT2D eigenvalue weighted by Crippen LogP contribution is -2.01. The van der Waals surface area contributed by atoms with E-state index in [1.807, 2.05) is 12.1 Å². The van der Waals surface area contributed by atoms with Gasteiger partial charge in [-0.15, -0.1) is 0 Å². The minimum Gasteiger partial charge on any atom is -0.465 e. The molecule has 13 heavy (non-hydrogen) atoms. The highest BCUT2D eigenvalue weighted by Gasteiger charge is 2.06. The van der Waals surface area contributed by atoms with E-state index in [1.54, 1.807) is 12.1 Å². The smallest absolute Gasteiger partial charge is 0.188 e. The van der Waals surface area contributed by atoms with Gasteiger partial charge < -0.3 is 9.47 Å². The van der Waals surface area contributed by atoms with Crippen LogP contribution < -0.4 is 4.74 Å². The highest BCUT2D eigenvalue weighted by atomic mass is 79.9. The van der Waals surface area contributed by atoms with Crippen molar-refractivity contribution in [3.63, 3.8) is 0 Å². The molecule has 68 valence electrons. The molecule has 0 aromatic heterocycles. The van der Waals surface area contributed by atoms with Gasteiger partial charge in [-0.2, -0.15) is 5.26 Å². The minimum absolute atomic E-state index is 0.136. The number of para-hydroxylation sites is 1. The monoisotopic (exact) mass is 241 g/mol. The third-order valence-corrected chi connectivity index (χ3v) is 2.03. The maximum atomic E-state index is 8.75. The average Bonchev–Trinajstić information content (AvgIpc) is 2.15. The molecule has 0 saturated carbocycles. The van der Waals surface area contributed by atoms with E-state index < -0.39 is 0 Å². The molecular weight excluding hydrogens is 234 g/mol. The summed E-state index contributed by atoms with van der Waals surface area (Å²) in [6, 6.07) is 7.32. The Morgan fingerprint density at radius 1 is 1.54 bits per heavy atom. The maximum absolute atomic E-state index is 8.75. The van der Waals surface area contributed by atoms with Crippen LogP contribution in [0, 0.1) is 11.3 Å². The Kier molecular flexibility index (Phi) is 3.74. The Bertz CT molecular complexity index is 333. The van der Waals surface area contributed by atoms with Crippen molar-refractivity contribution >= 4 is 15.9 Å². The van der Waals surface area contributed by atoms with Crippen LogP contribution in [0.25, 0.3) is 0 Å². The van der Waals surface area contributed by atoms with Crippen molar-refractivity contribution < 1.29 is 9.47 Å². The molecule has 0 aliphatic heterocycles. The largest absolute Gasteiger partial charge is 0.465 e. The van der Waals surface area contributed by atoms with Gasteiger partial charge in [0.05, 0.1) is 10.0 Å². The number of methoxy groups -OCH3 is 1. The molecule has 0 atom stereocenters. The molecule has 0 amide bonds. The fourth-order valence-corrected chi connectivity index (χ4v) is 1.34. The Hall–Kier alpha value is -1.05. The van der Waals surface area contributed by atoms with E-state index in [-0.39, 0.29) is 6.79 Å². The van der Waals surface area contributed by atoms with Gasteiger partial charge in [0.25, 0.3) is 0 Å². The average molecular weight is 242 g/mol. The van der Waals surface area contributed by atoms with Crippen LogP contribution in [0.3, 0.4) is 0 Å². The quantitative estimate of drug-likeness (QED) is 0.763. The summed E-state index contributed by atoms with van der Waals surface area (Å²) in [5.74, 6) is 0.520. The first-order valence-corrected chi connectivity index (χ1v) is 4.39. The first kappa shape index (κ1) is 10.0. The van der Waals surface area contributed by atoms with Gasteiger partial charge in [-0.25, -0.2) is 0 Å². The topological polar surface area (TPSA) is 42.2 Å². The molecule has 4 heteroatoms. The van der Waals surface area contributed by atoms with E-state index >= 15 is 0 Å². The summed E-state index contributed by atoms with van der Waals surface area (Å²) in [5, 5.41) is 8.75. The lowest BCUT2D eigenvalue weighted by molar-refractivity contribution is 0.0504. The number of hydrogen-bond acceptors (Lipinski definition) is 3. The molecular formula is C9H8BrNO2. The number of halogens is 1. The number of nitriles is 1. The van der Waals surface area contributed by atoms with Crippen molar-refractivity contribution in [3.05, 3.63) is 28.2 Å². The molecule has 0 aliphatic rings. The van der Waals surface area contributed by atoms with Gasteiger partial charge in [-0.1, -0.05) is 6.07 Å². The van der Waals surface area contributed by atoms with Crippen molar-refractivity contribution in [1.82, 2.24) is 0 Å². The fraction of sp³-hybridized carbons (Fsp3) is 0.222. The summed E-state index contributed by atoms with van der Waals surface area (Å²) in [7, 11) is 1.53. The zero-order chi connectivity index (χ0) is 9.68. The second-order valence-corrected chi connectivity index (χ2v) is 3.13. The second kappa shape index (κ2) is 4.85. The molecule has 3 nitrogen and oxygen atoms in total. The van der Waals surface area contributed by atoms with Crippen LogP contribution >= 0.6 is 15.9 Å². The standard InChI is InChI=1S/C9H8BrNO2/c1-12-6-13-9-7(5-11)3-2-4-8(9)10/h2-4H,6H2,1H3. The third-order valence-electron chi connectivity index (χ3n) is 1.41. The van der Waals surface area contributed by atoms with Crippen LogP contribution in [-0.4, -0.2) is 13.9 Å². The fourth-order valence-electron chi connectivity index (χ4n) is 0.861. The second-order valence-electron chi connectivity index (χ2n) is 2.28. The van der Waals surface area contributed by atoms with Crippen molar-refractivity contribution in [3.8, 4) is 11.8 Å². The zero-order valence-corrected chi connectivity index (χ0v) is 8.67. The van der Waals surface area contributed by atoms with E-state index in [0.29, 0.717) is 11.3 Å². The van der Waals surface area contributed by atoms with Crippen molar-refractivity contribution in [2.75, 3.05) is 13.9 Å². The van der Waals surface area contributed by atoms with E-state index in [1.165, 1.54) is 7.11 Å². The molecule has 0 spiro atoms. The summed E-state index contributed by atoms with van der Waals surface area (Å²) in [4.78, 5) is 0. The van der Waals surface area contributed by atoms with Crippen molar-refractivity contribution in [2.24, 2.45) is 0 Å². The molecule has 1 aromatic rings. The maximum Gasteiger partial charge on any atom is 0.188 e. The van der Waals surface area contributed by atoms with E-state index in [2.05, 4.69) is 15.9 Å². The molecule has 0 aliphatic carbocycles. The Balaban J connectivity index is 2.95. The molecule has 0 unspecified atom stereocenters. The number of ether oxygens (including phenoxy) is 2. The van der Waals surface area contributed by atoms with E-state index in [4.69, 9.17) is 14.7 Å².